The number of aliphatic hydroxyl groups excluding tert-OH is 2. The van der Waals surface area contributed by atoms with E-state index >= 15 is 0 Å². The van der Waals surface area contributed by atoms with Gasteiger partial charge in [0.1, 0.15) is 0 Å². The van der Waals surface area contributed by atoms with Crippen molar-refractivity contribution >= 4 is 28.5 Å². The topological polar surface area (TPSA) is 110 Å². The van der Waals surface area contributed by atoms with E-state index in [0.717, 1.165) is 11.3 Å². The van der Waals surface area contributed by atoms with Crippen LogP contribution in [0.3, 0.4) is 0 Å². The molecule has 0 radical (unpaired) electrons. The lowest BCUT2D eigenvalue weighted by Crippen LogP contribution is -2.26. The molecule has 0 unspecified atom stereocenters. The zero-order valence-corrected chi connectivity index (χ0v) is 16.0. The third kappa shape index (κ3) is 7.58. The molecule has 0 spiro atoms. The molecule has 0 heterocycles. The summed E-state index contributed by atoms with van der Waals surface area (Å²) in [6.07, 6.45) is 0. The minimum Gasteiger partial charge on any atom is -0.399 e. The fraction of sp³-hybridized carbons (Fsp3) is 0.333. The second-order valence-corrected chi connectivity index (χ2v) is 6.10. The lowest BCUT2D eigenvalue weighted by atomic mass is 10.2. The minimum atomic E-state index is -0.0827. The molecule has 2 rings (SSSR count). The summed E-state index contributed by atoms with van der Waals surface area (Å²) in [7, 11) is 0. The van der Waals surface area contributed by atoms with Crippen molar-refractivity contribution in [2.24, 2.45) is 9.98 Å². The van der Waals surface area contributed by atoms with Crippen LogP contribution >= 0.6 is 0 Å². The van der Waals surface area contributed by atoms with Gasteiger partial charge in [-0.2, -0.15) is 0 Å². The molecule has 2 aromatic carbocycles. The number of nitrogens with two attached hydrogens (primary N) is 1. The number of anilines is 1. The van der Waals surface area contributed by atoms with Crippen LogP contribution in [-0.2, 0) is 9.47 Å². The van der Waals surface area contributed by atoms with Crippen LogP contribution in [0.25, 0.3) is 0 Å². The lowest BCUT2D eigenvalue weighted by molar-refractivity contribution is 0.115. The standard InChI is InChI=1S/C21H27N3O4/c1-16-2-6-18(7-3-16)23-20(14-27-12-10-25)21(15-28-13-11-26)24-19-8-4-17(22)5-9-19/h2-9,25-26H,10-15,22H2,1H3/b23-20+,24-21+. The van der Waals surface area contributed by atoms with Gasteiger partial charge >= 0.3 is 0 Å². The van der Waals surface area contributed by atoms with E-state index < -0.39 is 0 Å². The number of benzene rings is 2. The molecular weight excluding hydrogens is 358 g/mol. The maximum absolute atomic E-state index is 9.01. The average Bonchev–Trinajstić information content (AvgIpc) is 2.70. The smallest absolute Gasteiger partial charge is 0.0908 e. The Bertz CT molecular complexity index is 704. The van der Waals surface area contributed by atoms with E-state index in [-0.39, 0.29) is 39.6 Å². The summed E-state index contributed by atoms with van der Waals surface area (Å²) in [6, 6.07) is 14.9. The highest BCUT2D eigenvalue weighted by atomic mass is 16.5. The van der Waals surface area contributed by atoms with Gasteiger partial charge in [-0.3, -0.25) is 0 Å². The van der Waals surface area contributed by atoms with Gasteiger partial charge in [-0.05, 0) is 43.3 Å². The van der Waals surface area contributed by atoms with E-state index in [0.29, 0.717) is 22.8 Å². The highest BCUT2D eigenvalue weighted by molar-refractivity contribution is 6.44. The summed E-state index contributed by atoms with van der Waals surface area (Å²) in [5.74, 6) is 0. The van der Waals surface area contributed by atoms with Gasteiger partial charge in [0.05, 0.1) is 62.4 Å². The number of aryl methyl sites for hydroxylation is 1. The zero-order chi connectivity index (χ0) is 20.2. The van der Waals surface area contributed by atoms with Crippen LogP contribution < -0.4 is 5.73 Å². The van der Waals surface area contributed by atoms with Crippen LogP contribution in [-0.4, -0.2) is 61.3 Å². The average molecular weight is 385 g/mol. The van der Waals surface area contributed by atoms with Crippen LogP contribution in [0.5, 0.6) is 0 Å². The largest absolute Gasteiger partial charge is 0.399 e. The normalized spacial score (nSPS) is 12.4. The van der Waals surface area contributed by atoms with Crippen LogP contribution in [0.2, 0.25) is 0 Å². The molecule has 0 amide bonds. The lowest BCUT2D eigenvalue weighted by Gasteiger charge is -2.12. The molecule has 0 bridgehead atoms. The summed E-state index contributed by atoms with van der Waals surface area (Å²) < 4.78 is 11.0. The Balaban J connectivity index is 2.36. The third-order valence-electron chi connectivity index (χ3n) is 3.74. The minimum absolute atomic E-state index is 0.0801. The third-order valence-corrected chi connectivity index (χ3v) is 3.74. The first-order valence-corrected chi connectivity index (χ1v) is 9.07. The van der Waals surface area contributed by atoms with E-state index in [1.54, 1.807) is 24.3 Å². The van der Waals surface area contributed by atoms with E-state index in [4.69, 9.17) is 25.4 Å². The molecular formula is C21H27N3O4. The van der Waals surface area contributed by atoms with E-state index in [9.17, 15) is 0 Å². The first-order valence-electron chi connectivity index (χ1n) is 9.07. The van der Waals surface area contributed by atoms with Crippen LogP contribution in [0, 0.1) is 6.92 Å². The second kappa shape index (κ2) is 12.0. The SMILES string of the molecule is Cc1ccc(/N=C(COCCO)/C(COCCO)=N/c2ccc(N)cc2)cc1. The molecule has 0 aliphatic rings. The van der Waals surface area contributed by atoms with Crippen molar-refractivity contribution in [2.45, 2.75) is 6.92 Å². The van der Waals surface area contributed by atoms with Gasteiger partial charge in [-0.15, -0.1) is 0 Å². The summed E-state index contributed by atoms with van der Waals surface area (Å²) in [6.45, 7) is 2.57. The number of rotatable bonds is 11. The fourth-order valence-corrected chi connectivity index (χ4v) is 2.31. The van der Waals surface area contributed by atoms with E-state index in [1.807, 2.05) is 31.2 Å². The number of aliphatic imine (C=N–C) groups is 2. The van der Waals surface area contributed by atoms with E-state index in [2.05, 4.69) is 9.98 Å². The van der Waals surface area contributed by atoms with Gasteiger partial charge < -0.3 is 25.4 Å². The Morgan fingerprint density at radius 1 is 0.786 bits per heavy atom. The summed E-state index contributed by atoms with van der Waals surface area (Å²) in [5.41, 5.74) is 10.2. The predicted molar refractivity (Wildman–Crippen MR) is 112 cm³/mol. The van der Waals surface area contributed by atoms with Crippen molar-refractivity contribution in [3.63, 3.8) is 0 Å². The molecule has 28 heavy (non-hydrogen) atoms. The predicted octanol–water partition coefficient (Wildman–Crippen LogP) is 2.44. The number of nitrogen functional groups attached to an aromatic ring is 1. The molecule has 0 aromatic heterocycles. The number of ether oxygens (including phenoxy) is 2. The Hall–Kier alpha value is -2.58. The van der Waals surface area contributed by atoms with E-state index in [1.165, 1.54) is 0 Å². The molecule has 2 aromatic rings. The number of hydrogen-bond acceptors (Lipinski definition) is 7. The Morgan fingerprint density at radius 3 is 1.64 bits per heavy atom. The van der Waals surface area contributed by atoms with Gasteiger partial charge in [0.2, 0.25) is 0 Å². The van der Waals surface area contributed by atoms with Crippen molar-refractivity contribution < 1.29 is 19.7 Å². The molecule has 0 saturated heterocycles. The molecule has 0 aliphatic carbocycles. The van der Waals surface area contributed by atoms with Crippen molar-refractivity contribution in [3.8, 4) is 0 Å². The highest BCUT2D eigenvalue weighted by Gasteiger charge is 2.12. The van der Waals surface area contributed by atoms with Gasteiger partial charge in [-0.25, -0.2) is 9.98 Å². The molecule has 0 atom stereocenters. The Labute approximate surface area is 165 Å². The van der Waals surface area contributed by atoms with Gasteiger partial charge in [-0.1, -0.05) is 17.7 Å². The first kappa shape index (κ1) is 21.7. The maximum Gasteiger partial charge on any atom is 0.0908 e. The second-order valence-electron chi connectivity index (χ2n) is 6.10. The molecule has 0 aliphatic heterocycles. The zero-order valence-electron chi connectivity index (χ0n) is 16.0. The molecule has 7 heteroatoms. The fourth-order valence-electron chi connectivity index (χ4n) is 2.31. The summed E-state index contributed by atoms with van der Waals surface area (Å²) >= 11 is 0. The summed E-state index contributed by atoms with van der Waals surface area (Å²) in [5, 5.41) is 18.0. The molecule has 4 N–H and O–H groups in total. The van der Waals surface area contributed by atoms with Crippen LogP contribution in [0.4, 0.5) is 17.1 Å². The number of aliphatic hydroxyl groups is 2. The van der Waals surface area contributed by atoms with Crippen molar-refractivity contribution in [3.05, 3.63) is 54.1 Å². The summed E-state index contributed by atoms with van der Waals surface area (Å²) in [4.78, 5) is 9.32. The van der Waals surface area contributed by atoms with Gasteiger partial charge in [0.15, 0.2) is 0 Å². The van der Waals surface area contributed by atoms with Crippen LogP contribution in [0.1, 0.15) is 5.56 Å². The van der Waals surface area contributed by atoms with Crippen molar-refractivity contribution in [2.75, 3.05) is 45.4 Å². The maximum atomic E-state index is 9.01. The number of hydrogen-bond donors (Lipinski definition) is 3. The highest BCUT2D eigenvalue weighted by Crippen LogP contribution is 2.17. The Kier molecular flexibility index (Phi) is 9.30. The van der Waals surface area contributed by atoms with Crippen LogP contribution in [0.15, 0.2) is 58.5 Å². The monoisotopic (exact) mass is 385 g/mol. The molecule has 150 valence electrons. The van der Waals surface area contributed by atoms with Crippen molar-refractivity contribution in [1.29, 1.82) is 0 Å². The number of nitrogens with zero attached hydrogens (tertiary/aromatic N) is 2. The van der Waals surface area contributed by atoms with Gasteiger partial charge in [0.25, 0.3) is 0 Å². The Morgan fingerprint density at radius 2 is 1.21 bits per heavy atom. The van der Waals surface area contributed by atoms with Gasteiger partial charge in [0, 0.05) is 5.69 Å². The van der Waals surface area contributed by atoms with Crippen molar-refractivity contribution in [1.82, 2.24) is 0 Å². The quantitative estimate of drug-likeness (QED) is 0.313. The molecule has 0 fully saturated rings. The first-order chi connectivity index (χ1) is 13.6. The molecule has 0 saturated carbocycles. The molecule has 7 nitrogen and oxygen atoms in total.